The molecule has 10 heteroatoms. The smallest absolute Gasteiger partial charge is 0.257 e. The van der Waals surface area contributed by atoms with Gasteiger partial charge in [-0.25, -0.2) is 8.78 Å². The number of halogens is 2. The fourth-order valence-corrected chi connectivity index (χ4v) is 3.48. The van der Waals surface area contributed by atoms with Crippen LogP contribution in [0.1, 0.15) is 18.9 Å². The summed E-state index contributed by atoms with van der Waals surface area (Å²) in [6, 6.07) is 7.98. The van der Waals surface area contributed by atoms with Gasteiger partial charge in [0.15, 0.2) is 18.1 Å². The van der Waals surface area contributed by atoms with E-state index in [1.54, 1.807) is 18.2 Å². The third kappa shape index (κ3) is 5.97. The Kier molecular flexibility index (Phi) is 7.81. The fourth-order valence-electron chi connectivity index (χ4n) is 3.48. The van der Waals surface area contributed by atoms with Gasteiger partial charge in [-0.15, -0.1) is 0 Å². The normalized spacial score (nSPS) is 15.3. The molecule has 0 saturated carbocycles. The second-order valence-corrected chi connectivity index (χ2v) is 7.45. The average molecular weight is 461 g/mol. The number of hydrogen-bond donors (Lipinski definition) is 2. The van der Waals surface area contributed by atoms with Gasteiger partial charge in [-0.3, -0.25) is 14.4 Å². The van der Waals surface area contributed by atoms with Crippen LogP contribution >= 0.6 is 0 Å². The molecule has 2 aromatic rings. The SMILES string of the molecule is CCNC(=O)COc1ccc(CNC(=O)C2CC(=O)N(c3ccc(F)cc3F)C2)cc1OC. The first-order chi connectivity index (χ1) is 15.8. The molecule has 1 saturated heterocycles. The summed E-state index contributed by atoms with van der Waals surface area (Å²) in [5.74, 6) is -2.49. The number of likely N-dealkylation sites (N-methyl/N-ethyl adjacent to an activating group) is 1. The summed E-state index contributed by atoms with van der Waals surface area (Å²) in [5, 5.41) is 5.39. The zero-order valence-corrected chi connectivity index (χ0v) is 18.3. The van der Waals surface area contributed by atoms with E-state index in [0.717, 1.165) is 16.5 Å². The van der Waals surface area contributed by atoms with Crippen LogP contribution in [0.4, 0.5) is 14.5 Å². The molecule has 8 nitrogen and oxygen atoms in total. The van der Waals surface area contributed by atoms with Crippen LogP contribution in [0, 0.1) is 17.6 Å². The van der Waals surface area contributed by atoms with Gasteiger partial charge in [-0.2, -0.15) is 0 Å². The predicted molar refractivity (Wildman–Crippen MR) is 116 cm³/mol. The van der Waals surface area contributed by atoms with Crippen LogP contribution < -0.4 is 25.0 Å². The molecule has 1 unspecified atom stereocenters. The van der Waals surface area contributed by atoms with Gasteiger partial charge in [0, 0.05) is 32.1 Å². The highest BCUT2D eigenvalue weighted by Crippen LogP contribution is 2.29. The summed E-state index contributed by atoms with van der Waals surface area (Å²) in [4.78, 5) is 37.6. The third-order valence-corrected chi connectivity index (χ3v) is 5.12. The monoisotopic (exact) mass is 461 g/mol. The van der Waals surface area contributed by atoms with E-state index in [-0.39, 0.29) is 43.6 Å². The lowest BCUT2D eigenvalue weighted by molar-refractivity contribution is -0.126. The average Bonchev–Trinajstić information content (AvgIpc) is 3.17. The van der Waals surface area contributed by atoms with Crippen molar-refractivity contribution in [3.63, 3.8) is 0 Å². The van der Waals surface area contributed by atoms with E-state index in [0.29, 0.717) is 24.1 Å². The van der Waals surface area contributed by atoms with Gasteiger partial charge in [0.25, 0.3) is 5.91 Å². The molecule has 0 radical (unpaired) electrons. The summed E-state index contributed by atoms with van der Waals surface area (Å²) in [6.45, 7) is 2.33. The van der Waals surface area contributed by atoms with Gasteiger partial charge >= 0.3 is 0 Å². The molecule has 1 aliphatic heterocycles. The van der Waals surface area contributed by atoms with E-state index in [2.05, 4.69) is 10.6 Å². The topological polar surface area (TPSA) is 97.0 Å². The lowest BCUT2D eigenvalue weighted by Crippen LogP contribution is -2.32. The zero-order chi connectivity index (χ0) is 24.0. The van der Waals surface area contributed by atoms with Crippen LogP contribution in [0.25, 0.3) is 0 Å². The standard InChI is InChI=1S/C23H25F2N3O5/c1-3-26-21(29)13-33-19-7-4-14(8-20(19)32-2)11-27-23(31)15-9-22(30)28(12-15)18-6-5-16(24)10-17(18)25/h4-8,10,15H,3,9,11-13H2,1-2H3,(H,26,29)(H,27,31). The number of nitrogens with one attached hydrogen (secondary N) is 2. The van der Waals surface area contributed by atoms with Crippen molar-refractivity contribution in [3.8, 4) is 11.5 Å². The second-order valence-electron chi connectivity index (χ2n) is 7.45. The number of ether oxygens (including phenoxy) is 2. The van der Waals surface area contributed by atoms with E-state index in [4.69, 9.17) is 9.47 Å². The van der Waals surface area contributed by atoms with E-state index >= 15 is 0 Å². The Balaban J connectivity index is 1.58. The molecular formula is C23H25F2N3O5. The summed E-state index contributed by atoms with van der Waals surface area (Å²) < 4.78 is 37.9. The molecule has 3 rings (SSSR count). The molecule has 0 bridgehead atoms. The number of methoxy groups -OCH3 is 1. The first-order valence-electron chi connectivity index (χ1n) is 10.4. The number of nitrogens with zero attached hydrogens (tertiary/aromatic N) is 1. The molecule has 1 heterocycles. The minimum Gasteiger partial charge on any atom is -0.493 e. The first kappa shape index (κ1) is 24.0. The first-order valence-corrected chi connectivity index (χ1v) is 10.4. The fraction of sp³-hybridized carbons (Fsp3) is 0.348. The third-order valence-electron chi connectivity index (χ3n) is 5.12. The molecule has 2 aromatic carbocycles. The van der Waals surface area contributed by atoms with Crippen LogP contribution in [0.15, 0.2) is 36.4 Å². The quantitative estimate of drug-likeness (QED) is 0.597. The largest absolute Gasteiger partial charge is 0.493 e. The second kappa shape index (κ2) is 10.8. The van der Waals surface area contributed by atoms with Crippen molar-refractivity contribution >= 4 is 23.4 Å². The van der Waals surface area contributed by atoms with Crippen molar-refractivity contribution in [2.24, 2.45) is 5.92 Å². The van der Waals surface area contributed by atoms with Crippen molar-refractivity contribution in [1.82, 2.24) is 10.6 Å². The molecule has 0 aromatic heterocycles. The number of anilines is 1. The Labute approximate surface area is 189 Å². The van der Waals surface area contributed by atoms with Crippen molar-refractivity contribution in [2.75, 3.05) is 31.7 Å². The van der Waals surface area contributed by atoms with Crippen LogP contribution in [0.5, 0.6) is 11.5 Å². The molecule has 0 aliphatic carbocycles. The Morgan fingerprint density at radius 2 is 1.91 bits per heavy atom. The Morgan fingerprint density at radius 3 is 2.61 bits per heavy atom. The van der Waals surface area contributed by atoms with Crippen molar-refractivity contribution in [3.05, 3.63) is 53.6 Å². The van der Waals surface area contributed by atoms with Crippen molar-refractivity contribution < 1.29 is 32.6 Å². The molecule has 1 atom stereocenters. The van der Waals surface area contributed by atoms with Gasteiger partial charge in [0.1, 0.15) is 11.6 Å². The number of amides is 3. The maximum absolute atomic E-state index is 14.0. The summed E-state index contributed by atoms with van der Waals surface area (Å²) in [7, 11) is 1.46. The molecule has 33 heavy (non-hydrogen) atoms. The minimum atomic E-state index is -0.856. The highest BCUT2D eigenvalue weighted by Gasteiger charge is 2.36. The number of rotatable bonds is 9. The summed E-state index contributed by atoms with van der Waals surface area (Å²) in [6.07, 6.45) is -0.0709. The maximum atomic E-state index is 14.0. The molecule has 1 fully saturated rings. The molecule has 2 N–H and O–H groups in total. The van der Waals surface area contributed by atoms with Crippen molar-refractivity contribution in [1.29, 1.82) is 0 Å². The van der Waals surface area contributed by atoms with Gasteiger partial charge in [-0.1, -0.05) is 6.07 Å². The number of carbonyl (C=O) groups is 3. The lowest BCUT2D eigenvalue weighted by Gasteiger charge is -2.17. The predicted octanol–water partition coefficient (Wildman–Crippen LogP) is 2.16. The lowest BCUT2D eigenvalue weighted by atomic mass is 10.1. The molecule has 0 spiro atoms. The van der Waals surface area contributed by atoms with E-state index in [9.17, 15) is 23.2 Å². The van der Waals surface area contributed by atoms with Gasteiger partial charge < -0.3 is 25.0 Å². The Morgan fingerprint density at radius 1 is 1.12 bits per heavy atom. The highest BCUT2D eigenvalue weighted by molar-refractivity contribution is 6.00. The van der Waals surface area contributed by atoms with Crippen LogP contribution in [-0.4, -0.2) is 44.5 Å². The molecule has 1 aliphatic rings. The zero-order valence-electron chi connectivity index (χ0n) is 18.3. The number of hydrogen-bond acceptors (Lipinski definition) is 5. The van der Waals surface area contributed by atoms with Crippen LogP contribution in [-0.2, 0) is 20.9 Å². The van der Waals surface area contributed by atoms with Gasteiger partial charge in [0.2, 0.25) is 11.8 Å². The van der Waals surface area contributed by atoms with E-state index < -0.39 is 23.5 Å². The molecule has 3 amide bonds. The van der Waals surface area contributed by atoms with Gasteiger partial charge in [-0.05, 0) is 36.8 Å². The van der Waals surface area contributed by atoms with E-state index in [1.165, 1.54) is 13.2 Å². The summed E-state index contributed by atoms with van der Waals surface area (Å²) >= 11 is 0. The highest BCUT2D eigenvalue weighted by atomic mass is 19.1. The Bertz CT molecular complexity index is 1050. The van der Waals surface area contributed by atoms with Gasteiger partial charge in [0.05, 0.1) is 18.7 Å². The number of carbonyl (C=O) groups excluding carboxylic acids is 3. The van der Waals surface area contributed by atoms with Crippen LogP contribution in [0.3, 0.4) is 0 Å². The minimum absolute atomic E-state index is 0.00312. The van der Waals surface area contributed by atoms with Crippen molar-refractivity contribution in [2.45, 2.75) is 19.9 Å². The molecular weight excluding hydrogens is 436 g/mol. The Hall–Kier alpha value is -3.69. The molecule has 176 valence electrons. The van der Waals surface area contributed by atoms with E-state index in [1.807, 2.05) is 6.92 Å². The van der Waals surface area contributed by atoms with Crippen LogP contribution in [0.2, 0.25) is 0 Å². The number of benzene rings is 2. The summed E-state index contributed by atoms with van der Waals surface area (Å²) in [5.41, 5.74) is 0.668. The maximum Gasteiger partial charge on any atom is 0.257 e.